The van der Waals surface area contributed by atoms with E-state index in [0.717, 1.165) is 12.3 Å². The normalized spacial score (nSPS) is 21.9. The van der Waals surface area contributed by atoms with Crippen molar-refractivity contribution in [3.63, 3.8) is 0 Å². The van der Waals surface area contributed by atoms with Gasteiger partial charge in [-0.25, -0.2) is 0 Å². The van der Waals surface area contributed by atoms with Gasteiger partial charge in [-0.05, 0) is 60.7 Å². The third-order valence-electron chi connectivity index (χ3n) is 4.38. The second-order valence-electron chi connectivity index (χ2n) is 5.46. The molecule has 0 bridgehead atoms. The van der Waals surface area contributed by atoms with Crippen LogP contribution in [0.4, 0.5) is 0 Å². The first-order valence-electron chi connectivity index (χ1n) is 7.28. The van der Waals surface area contributed by atoms with Crippen LogP contribution in [0.25, 0.3) is 0 Å². The molecule has 1 aromatic heterocycles. The predicted molar refractivity (Wildman–Crippen MR) is 79.9 cm³/mol. The molecule has 0 aromatic carbocycles. The molecular formula is C15H26N2S. The Kier molecular flexibility index (Phi) is 5.22. The predicted octanol–water partition coefficient (Wildman–Crippen LogP) is 3.65. The number of nitrogens with two attached hydrogens (primary N) is 1. The molecule has 1 aliphatic heterocycles. The molecule has 2 heterocycles. The molecule has 0 spiro atoms. The van der Waals surface area contributed by atoms with Crippen molar-refractivity contribution >= 4 is 11.3 Å². The largest absolute Gasteiger partial charge is 0.326 e. The van der Waals surface area contributed by atoms with Crippen LogP contribution in [-0.2, 0) is 0 Å². The van der Waals surface area contributed by atoms with E-state index in [2.05, 4.69) is 35.6 Å². The van der Waals surface area contributed by atoms with E-state index in [1.807, 2.05) is 0 Å². The van der Waals surface area contributed by atoms with Gasteiger partial charge in [0.15, 0.2) is 0 Å². The highest BCUT2D eigenvalue weighted by Crippen LogP contribution is 2.31. The van der Waals surface area contributed by atoms with Crippen LogP contribution in [0.1, 0.15) is 51.1 Å². The van der Waals surface area contributed by atoms with Gasteiger partial charge >= 0.3 is 0 Å². The molecule has 1 saturated heterocycles. The van der Waals surface area contributed by atoms with E-state index in [0.29, 0.717) is 6.04 Å². The van der Waals surface area contributed by atoms with Crippen LogP contribution in [0, 0.1) is 5.92 Å². The topological polar surface area (TPSA) is 29.3 Å². The molecule has 1 aromatic rings. The van der Waals surface area contributed by atoms with E-state index < -0.39 is 0 Å². The van der Waals surface area contributed by atoms with Crippen molar-refractivity contribution in [1.82, 2.24) is 4.90 Å². The number of hydrogen-bond acceptors (Lipinski definition) is 3. The quantitative estimate of drug-likeness (QED) is 0.881. The molecule has 18 heavy (non-hydrogen) atoms. The summed E-state index contributed by atoms with van der Waals surface area (Å²) in [6.07, 6.45) is 5.06. The summed E-state index contributed by atoms with van der Waals surface area (Å²) in [6, 6.07) is 2.94. The molecule has 3 heteroatoms. The van der Waals surface area contributed by atoms with Gasteiger partial charge < -0.3 is 5.73 Å². The van der Waals surface area contributed by atoms with Crippen molar-refractivity contribution in [1.29, 1.82) is 0 Å². The van der Waals surface area contributed by atoms with Gasteiger partial charge in [0.2, 0.25) is 0 Å². The molecule has 0 amide bonds. The van der Waals surface area contributed by atoms with Crippen LogP contribution in [-0.4, -0.2) is 24.0 Å². The van der Waals surface area contributed by atoms with Gasteiger partial charge in [0, 0.05) is 6.04 Å². The number of thiophene rings is 1. The fraction of sp³-hybridized carbons (Fsp3) is 0.733. The molecule has 0 aliphatic carbocycles. The molecule has 2 nitrogen and oxygen atoms in total. The van der Waals surface area contributed by atoms with E-state index >= 15 is 0 Å². The molecule has 1 aliphatic rings. The zero-order valence-corrected chi connectivity index (χ0v) is 12.5. The Bertz CT molecular complexity index is 328. The number of nitrogens with zero attached hydrogens (tertiary/aromatic N) is 1. The van der Waals surface area contributed by atoms with Gasteiger partial charge in [-0.1, -0.05) is 20.3 Å². The average molecular weight is 266 g/mol. The molecule has 2 unspecified atom stereocenters. The molecule has 2 atom stereocenters. The first-order chi connectivity index (χ1) is 8.76. The maximum Gasteiger partial charge on any atom is 0.0507 e. The minimum Gasteiger partial charge on any atom is -0.326 e. The van der Waals surface area contributed by atoms with Gasteiger partial charge in [0.05, 0.1) is 6.04 Å². The second-order valence-corrected chi connectivity index (χ2v) is 6.24. The van der Waals surface area contributed by atoms with E-state index in [4.69, 9.17) is 5.73 Å². The third kappa shape index (κ3) is 3.14. The molecule has 1 fully saturated rings. The summed E-state index contributed by atoms with van der Waals surface area (Å²) in [5, 5.41) is 4.44. The van der Waals surface area contributed by atoms with Crippen molar-refractivity contribution < 1.29 is 0 Å². The zero-order chi connectivity index (χ0) is 13.0. The first-order valence-corrected chi connectivity index (χ1v) is 8.22. The minimum absolute atomic E-state index is 0.262. The summed E-state index contributed by atoms with van der Waals surface area (Å²) in [5.41, 5.74) is 7.79. The maximum atomic E-state index is 6.37. The highest BCUT2D eigenvalue weighted by Gasteiger charge is 2.29. The monoisotopic (exact) mass is 266 g/mol. The minimum atomic E-state index is 0.262. The van der Waals surface area contributed by atoms with Crippen LogP contribution in [0.2, 0.25) is 0 Å². The van der Waals surface area contributed by atoms with Crippen LogP contribution >= 0.6 is 11.3 Å². The van der Waals surface area contributed by atoms with E-state index in [-0.39, 0.29) is 6.04 Å². The lowest BCUT2D eigenvalue weighted by molar-refractivity contribution is 0.113. The van der Waals surface area contributed by atoms with Crippen molar-refractivity contribution in [2.24, 2.45) is 11.7 Å². The van der Waals surface area contributed by atoms with E-state index in [1.165, 1.54) is 37.9 Å². The smallest absolute Gasteiger partial charge is 0.0507 e. The Morgan fingerprint density at radius 1 is 1.39 bits per heavy atom. The second kappa shape index (κ2) is 6.69. The number of likely N-dealkylation sites (tertiary alicyclic amines) is 1. The number of piperidine rings is 1. The summed E-state index contributed by atoms with van der Waals surface area (Å²) in [5.74, 6) is 0.933. The van der Waals surface area contributed by atoms with Crippen molar-refractivity contribution in [2.45, 2.75) is 51.6 Å². The van der Waals surface area contributed by atoms with Gasteiger partial charge in [0.1, 0.15) is 0 Å². The lowest BCUT2D eigenvalue weighted by Crippen LogP contribution is -2.44. The Morgan fingerprint density at radius 3 is 2.61 bits per heavy atom. The molecule has 2 N–H and O–H groups in total. The number of rotatable bonds is 5. The van der Waals surface area contributed by atoms with Gasteiger partial charge in [-0.15, -0.1) is 0 Å². The van der Waals surface area contributed by atoms with Gasteiger partial charge in [0.25, 0.3) is 0 Å². The van der Waals surface area contributed by atoms with Crippen LogP contribution in [0.5, 0.6) is 0 Å². The SMILES string of the molecule is CCC1CCN(C(c2ccsc2)C(N)CC)CC1. The van der Waals surface area contributed by atoms with Crippen LogP contribution < -0.4 is 5.73 Å². The summed E-state index contributed by atoms with van der Waals surface area (Å²) >= 11 is 1.78. The molecule has 2 rings (SSSR count). The molecular weight excluding hydrogens is 240 g/mol. The molecule has 102 valence electrons. The Balaban J connectivity index is 2.06. The average Bonchev–Trinajstić information content (AvgIpc) is 2.93. The van der Waals surface area contributed by atoms with Crippen molar-refractivity contribution in [2.75, 3.05) is 13.1 Å². The van der Waals surface area contributed by atoms with Crippen LogP contribution in [0.15, 0.2) is 16.8 Å². The summed E-state index contributed by atoms with van der Waals surface area (Å²) in [6.45, 7) is 6.94. The summed E-state index contributed by atoms with van der Waals surface area (Å²) in [4.78, 5) is 2.61. The fourth-order valence-corrected chi connectivity index (χ4v) is 3.72. The lowest BCUT2D eigenvalue weighted by Gasteiger charge is -2.39. The standard InChI is InChI=1S/C15H26N2S/c1-3-12-5-8-17(9-6-12)15(14(16)4-2)13-7-10-18-11-13/h7,10-12,14-15H,3-6,8-9,16H2,1-2H3. The fourth-order valence-electron chi connectivity index (χ4n) is 3.03. The Morgan fingerprint density at radius 2 is 2.11 bits per heavy atom. The van der Waals surface area contributed by atoms with Crippen molar-refractivity contribution in [3.05, 3.63) is 22.4 Å². The molecule has 0 saturated carbocycles. The zero-order valence-electron chi connectivity index (χ0n) is 11.6. The van der Waals surface area contributed by atoms with Crippen LogP contribution in [0.3, 0.4) is 0 Å². The van der Waals surface area contributed by atoms with Crippen molar-refractivity contribution in [3.8, 4) is 0 Å². The summed E-state index contributed by atoms with van der Waals surface area (Å²) in [7, 11) is 0. The maximum absolute atomic E-state index is 6.37. The first kappa shape index (κ1) is 14.0. The number of hydrogen-bond donors (Lipinski definition) is 1. The summed E-state index contributed by atoms with van der Waals surface area (Å²) < 4.78 is 0. The Hall–Kier alpha value is -0.380. The third-order valence-corrected chi connectivity index (χ3v) is 5.08. The Labute approximate surface area is 115 Å². The van der Waals surface area contributed by atoms with E-state index in [9.17, 15) is 0 Å². The van der Waals surface area contributed by atoms with Gasteiger partial charge in [-0.2, -0.15) is 11.3 Å². The highest BCUT2D eigenvalue weighted by atomic mass is 32.1. The molecule has 0 radical (unpaired) electrons. The lowest BCUT2D eigenvalue weighted by atomic mass is 9.90. The van der Waals surface area contributed by atoms with E-state index in [1.54, 1.807) is 11.3 Å². The van der Waals surface area contributed by atoms with Gasteiger partial charge in [-0.3, -0.25) is 4.90 Å². The highest BCUT2D eigenvalue weighted by molar-refractivity contribution is 7.07.